The van der Waals surface area contributed by atoms with Crippen molar-refractivity contribution in [2.24, 2.45) is 10.7 Å². The summed E-state index contributed by atoms with van der Waals surface area (Å²) in [4.78, 5) is 19.7. The lowest BCUT2D eigenvalue weighted by Gasteiger charge is -2.36. The number of amidine groups is 1. The van der Waals surface area contributed by atoms with Crippen molar-refractivity contribution in [2.75, 3.05) is 12.4 Å². The second-order valence-corrected chi connectivity index (χ2v) is 7.06. The molecular weight excluding hydrogens is 446 g/mol. The maximum Gasteiger partial charge on any atom is 0.425 e. The highest BCUT2D eigenvalue weighted by Gasteiger charge is 2.50. The number of nitrogens with one attached hydrogen (secondary N) is 1. The lowest BCUT2D eigenvalue weighted by atomic mass is 9.85. The van der Waals surface area contributed by atoms with E-state index >= 15 is 0 Å². The number of alkyl halides is 3. The molecule has 1 aromatic heterocycles. The zero-order chi connectivity index (χ0) is 23.8. The van der Waals surface area contributed by atoms with Gasteiger partial charge in [0.2, 0.25) is 0 Å². The second-order valence-electron chi connectivity index (χ2n) is 7.06. The SMILES string of the molecule is COc1cnc(C(=O)Nc2cc(F)c(F)c(C3(C)CC(C(F)(F)F)OC(N)=N3)c2)c(F)c1. The van der Waals surface area contributed by atoms with E-state index < -0.39 is 64.9 Å². The number of aliphatic imine (C=N–C) groups is 1. The van der Waals surface area contributed by atoms with Gasteiger partial charge in [0, 0.05) is 29.8 Å². The second kappa shape index (κ2) is 8.20. The van der Waals surface area contributed by atoms with Crippen molar-refractivity contribution in [2.45, 2.75) is 31.2 Å². The van der Waals surface area contributed by atoms with E-state index in [-0.39, 0.29) is 11.4 Å². The normalized spacial score (nSPS) is 20.9. The van der Waals surface area contributed by atoms with Crippen molar-refractivity contribution in [3.05, 3.63) is 53.1 Å². The molecule has 3 rings (SSSR count). The Morgan fingerprint density at radius 2 is 1.94 bits per heavy atom. The Bertz CT molecular complexity index is 1090. The first kappa shape index (κ1) is 23.2. The highest BCUT2D eigenvalue weighted by Crippen LogP contribution is 2.41. The fraction of sp³-hybridized carbons (Fsp3) is 0.316. The number of rotatable bonds is 4. The van der Waals surface area contributed by atoms with E-state index in [1.165, 1.54) is 7.11 Å². The van der Waals surface area contributed by atoms with Crippen molar-refractivity contribution in [3.8, 4) is 5.75 Å². The Hall–Kier alpha value is -3.51. The summed E-state index contributed by atoms with van der Waals surface area (Å²) in [5.41, 5.74) is 1.71. The summed E-state index contributed by atoms with van der Waals surface area (Å²) in [7, 11) is 1.26. The van der Waals surface area contributed by atoms with E-state index in [1.807, 2.05) is 0 Å². The van der Waals surface area contributed by atoms with E-state index in [2.05, 4.69) is 20.0 Å². The Morgan fingerprint density at radius 1 is 1.25 bits per heavy atom. The third kappa shape index (κ3) is 4.55. The van der Waals surface area contributed by atoms with Crippen molar-refractivity contribution in [1.82, 2.24) is 4.98 Å². The molecule has 1 aliphatic heterocycles. The van der Waals surface area contributed by atoms with Gasteiger partial charge in [-0.1, -0.05) is 0 Å². The van der Waals surface area contributed by atoms with Crippen molar-refractivity contribution >= 4 is 17.6 Å². The van der Waals surface area contributed by atoms with Crippen LogP contribution in [0.4, 0.5) is 32.0 Å². The third-order valence-electron chi connectivity index (χ3n) is 4.70. The predicted octanol–water partition coefficient (Wildman–Crippen LogP) is 3.64. The van der Waals surface area contributed by atoms with Crippen molar-refractivity contribution in [1.29, 1.82) is 0 Å². The Morgan fingerprint density at radius 3 is 2.53 bits per heavy atom. The van der Waals surface area contributed by atoms with E-state index in [0.29, 0.717) is 6.07 Å². The molecule has 2 aromatic rings. The van der Waals surface area contributed by atoms with Crippen LogP contribution in [0.2, 0.25) is 0 Å². The molecule has 0 saturated heterocycles. The van der Waals surface area contributed by atoms with E-state index in [9.17, 15) is 31.1 Å². The number of hydrogen-bond donors (Lipinski definition) is 2. The molecule has 1 amide bonds. The van der Waals surface area contributed by atoms with Crippen LogP contribution in [-0.4, -0.2) is 36.3 Å². The monoisotopic (exact) mass is 462 g/mol. The molecular formula is C19H16F6N4O3. The Labute approximate surface area is 177 Å². The van der Waals surface area contributed by atoms with Gasteiger partial charge in [-0.05, 0) is 13.0 Å². The van der Waals surface area contributed by atoms with Gasteiger partial charge in [0.05, 0.1) is 18.8 Å². The number of carbonyl (C=O) groups excluding carboxylic acids is 1. The van der Waals surface area contributed by atoms with Crippen LogP contribution in [0.5, 0.6) is 5.75 Å². The summed E-state index contributed by atoms with van der Waals surface area (Å²) >= 11 is 0. The summed E-state index contributed by atoms with van der Waals surface area (Å²) in [6.07, 6.45) is -7.10. The fourth-order valence-corrected chi connectivity index (χ4v) is 3.16. The highest BCUT2D eigenvalue weighted by molar-refractivity contribution is 6.03. The van der Waals surface area contributed by atoms with Gasteiger partial charge in [0.1, 0.15) is 5.75 Å². The number of aromatic nitrogens is 1. The maximum atomic E-state index is 14.6. The number of halogens is 6. The molecule has 0 radical (unpaired) electrons. The average Bonchev–Trinajstić information content (AvgIpc) is 2.68. The number of nitrogens with two attached hydrogens (primary N) is 1. The van der Waals surface area contributed by atoms with E-state index in [4.69, 9.17) is 10.5 Å². The number of methoxy groups -OCH3 is 1. The van der Waals surface area contributed by atoms with Crippen LogP contribution >= 0.6 is 0 Å². The molecule has 32 heavy (non-hydrogen) atoms. The number of hydrogen-bond acceptors (Lipinski definition) is 6. The van der Waals surface area contributed by atoms with Gasteiger partial charge in [0.25, 0.3) is 11.9 Å². The number of amides is 1. The minimum Gasteiger partial charge on any atom is -0.495 e. The number of benzene rings is 1. The van der Waals surface area contributed by atoms with Gasteiger partial charge in [-0.2, -0.15) is 13.2 Å². The molecule has 1 aromatic carbocycles. The molecule has 172 valence electrons. The number of pyridine rings is 1. The predicted molar refractivity (Wildman–Crippen MR) is 99.6 cm³/mol. The summed E-state index contributed by atoms with van der Waals surface area (Å²) in [5.74, 6) is -5.09. The lowest BCUT2D eigenvalue weighted by Crippen LogP contribution is -2.46. The van der Waals surface area contributed by atoms with E-state index in [1.54, 1.807) is 0 Å². The van der Waals surface area contributed by atoms with Gasteiger partial charge in [-0.25, -0.2) is 23.1 Å². The first-order valence-corrected chi connectivity index (χ1v) is 8.93. The first-order chi connectivity index (χ1) is 14.8. The molecule has 2 heterocycles. The van der Waals surface area contributed by atoms with Crippen LogP contribution in [0, 0.1) is 17.5 Å². The summed E-state index contributed by atoms with van der Waals surface area (Å²) in [6.45, 7) is 1.11. The van der Waals surface area contributed by atoms with Crippen LogP contribution in [0.25, 0.3) is 0 Å². The number of ether oxygens (including phenoxy) is 2. The maximum absolute atomic E-state index is 14.6. The van der Waals surface area contributed by atoms with Gasteiger partial charge in [-0.3, -0.25) is 4.79 Å². The van der Waals surface area contributed by atoms with Gasteiger partial charge in [-0.15, -0.1) is 0 Å². The van der Waals surface area contributed by atoms with Crippen molar-refractivity contribution < 1.29 is 40.6 Å². The van der Waals surface area contributed by atoms with Crippen LogP contribution in [0.15, 0.2) is 29.4 Å². The van der Waals surface area contributed by atoms with Gasteiger partial charge < -0.3 is 20.5 Å². The molecule has 0 saturated carbocycles. The fourth-order valence-electron chi connectivity index (χ4n) is 3.16. The van der Waals surface area contributed by atoms with Crippen LogP contribution < -0.4 is 15.8 Å². The number of nitrogens with zero attached hydrogens (tertiary/aromatic N) is 2. The molecule has 0 aliphatic carbocycles. The zero-order valence-corrected chi connectivity index (χ0v) is 16.6. The summed E-state index contributed by atoms with van der Waals surface area (Å²) in [5, 5.41) is 2.13. The minimum atomic E-state index is -4.85. The quantitative estimate of drug-likeness (QED) is 0.677. The molecule has 1 aliphatic rings. The van der Waals surface area contributed by atoms with Crippen molar-refractivity contribution in [3.63, 3.8) is 0 Å². The molecule has 7 nitrogen and oxygen atoms in total. The Balaban J connectivity index is 1.98. The van der Waals surface area contributed by atoms with Gasteiger partial charge >= 0.3 is 6.18 Å². The number of anilines is 1. The summed E-state index contributed by atoms with van der Waals surface area (Å²) < 4.78 is 91.7. The van der Waals surface area contributed by atoms with Gasteiger partial charge in [0.15, 0.2) is 29.2 Å². The number of carbonyl (C=O) groups is 1. The average molecular weight is 462 g/mol. The molecule has 13 heteroatoms. The minimum absolute atomic E-state index is 0.0382. The standard InChI is InChI=1S/C19H16F6N4O3/c1-18(6-13(19(23,24)25)32-17(26)29-18)10-3-8(4-11(20)14(10)22)28-16(30)15-12(21)5-9(31-2)7-27-15/h3-5,7,13H,6H2,1-2H3,(H2,26,29)(H,28,30). The third-order valence-corrected chi connectivity index (χ3v) is 4.70. The largest absolute Gasteiger partial charge is 0.495 e. The molecule has 3 N–H and O–H groups in total. The summed E-state index contributed by atoms with van der Waals surface area (Å²) in [6, 6.07) is 1.48. The molecule has 0 spiro atoms. The molecule has 0 fully saturated rings. The van der Waals surface area contributed by atoms with Crippen LogP contribution in [-0.2, 0) is 10.3 Å². The topological polar surface area (TPSA) is 98.8 Å². The lowest BCUT2D eigenvalue weighted by molar-refractivity contribution is -0.208. The van der Waals surface area contributed by atoms with E-state index in [0.717, 1.165) is 25.3 Å². The Kier molecular flexibility index (Phi) is 5.94. The smallest absolute Gasteiger partial charge is 0.425 e. The molecule has 2 unspecified atom stereocenters. The molecule has 2 atom stereocenters. The van der Waals surface area contributed by atoms with Crippen LogP contribution in [0.1, 0.15) is 29.4 Å². The zero-order valence-electron chi connectivity index (χ0n) is 16.6. The highest BCUT2D eigenvalue weighted by atomic mass is 19.4. The molecule has 0 bridgehead atoms. The van der Waals surface area contributed by atoms with Crippen LogP contribution in [0.3, 0.4) is 0 Å². The first-order valence-electron chi connectivity index (χ1n) is 8.93.